The van der Waals surface area contributed by atoms with Gasteiger partial charge in [-0.25, -0.2) is 0 Å². The van der Waals surface area contributed by atoms with Crippen molar-refractivity contribution in [1.82, 2.24) is 10.2 Å². The molecule has 0 saturated heterocycles. The van der Waals surface area contributed by atoms with E-state index < -0.39 is 4.92 Å². The molecule has 1 aromatic carbocycles. The van der Waals surface area contributed by atoms with Gasteiger partial charge >= 0.3 is 0 Å². The Morgan fingerprint density at radius 1 is 1.30 bits per heavy atom. The molecule has 0 aliphatic heterocycles. The molecule has 2 aromatic rings. The molecule has 1 atom stereocenters. The summed E-state index contributed by atoms with van der Waals surface area (Å²) in [5.74, 6) is -0.220. The number of carbonyl (C=O) groups is 1. The van der Waals surface area contributed by atoms with E-state index >= 15 is 0 Å². The van der Waals surface area contributed by atoms with Gasteiger partial charge in [0.25, 0.3) is 5.69 Å². The highest BCUT2D eigenvalue weighted by molar-refractivity contribution is 7.10. The van der Waals surface area contributed by atoms with Gasteiger partial charge in [0.2, 0.25) is 5.91 Å². The third kappa shape index (κ3) is 4.61. The summed E-state index contributed by atoms with van der Waals surface area (Å²) in [6.45, 7) is 0.465. The minimum atomic E-state index is -0.461. The molecule has 0 saturated carbocycles. The predicted octanol–water partition coefficient (Wildman–Crippen LogP) is 2.62. The number of nitrogens with zero attached hydrogens (tertiary/aromatic N) is 2. The molecule has 0 fully saturated rings. The van der Waals surface area contributed by atoms with Gasteiger partial charge in [-0.1, -0.05) is 24.3 Å². The highest BCUT2D eigenvalue weighted by atomic mass is 32.1. The zero-order valence-electron chi connectivity index (χ0n) is 13.1. The van der Waals surface area contributed by atoms with Crippen LogP contribution in [0.4, 0.5) is 5.69 Å². The lowest BCUT2D eigenvalue weighted by molar-refractivity contribution is -0.385. The fourth-order valence-corrected chi connectivity index (χ4v) is 3.23. The minimum Gasteiger partial charge on any atom is -0.354 e. The van der Waals surface area contributed by atoms with Gasteiger partial charge in [-0.3, -0.25) is 14.9 Å². The fraction of sp³-hybridized carbons (Fsp3) is 0.312. The molecule has 122 valence electrons. The van der Waals surface area contributed by atoms with Crippen molar-refractivity contribution in [2.75, 3.05) is 20.6 Å². The number of amides is 1. The topological polar surface area (TPSA) is 75.5 Å². The van der Waals surface area contributed by atoms with Crippen LogP contribution in [0.2, 0.25) is 0 Å². The third-order valence-corrected chi connectivity index (χ3v) is 4.50. The minimum absolute atomic E-state index is 0.00173. The monoisotopic (exact) mass is 333 g/mol. The molecule has 0 aliphatic rings. The molecular formula is C16H19N3O3S. The van der Waals surface area contributed by atoms with Crippen LogP contribution < -0.4 is 5.32 Å². The average Bonchev–Trinajstić information content (AvgIpc) is 3.01. The maximum absolute atomic E-state index is 12.1. The van der Waals surface area contributed by atoms with E-state index in [2.05, 4.69) is 5.32 Å². The molecule has 1 aromatic heterocycles. The van der Waals surface area contributed by atoms with E-state index in [4.69, 9.17) is 0 Å². The maximum atomic E-state index is 12.1. The Labute approximate surface area is 138 Å². The van der Waals surface area contributed by atoms with E-state index in [1.165, 1.54) is 10.9 Å². The number of benzene rings is 1. The molecule has 1 unspecified atom stereocenters. The van der Waals surface area contributed by atoms with Crippen molar-refractivity contribution in [2.24, 2.45) is 0 Å². The van der Waals surface area contributed by atoms with Crippen LogP contribution in [0.1, 0.15) is 16.5 Å². The second-order valence-electron chi connectivity index (χ2n) is 5.36. The SMILES string of the molecule is CN(C)C(CNC(=O)Cc1ccccc1[N+](=O)[O-])c1cccs1. The van der Waals surface area contributed by atoms with Gasteiger partial charge in [-0.2, -0.15) is 0 Å². The van der Waals surface area contributed by atoms with Gasteiger partial charge in [-0.15, -0.1) is 11.3 Å². The molecule has 0 aliphatic carbocycles. The summed E-state index contributed by atoms with van der Waals surface area (Å²) in [6.07, 6.45) is 0.00173. The van der Waals surface area contributed by atoms with Crippen molar-refractivity contribution in [3.63, 3.8) is 0 Å². The first-order valence-electron chi connectivity index (χ1n) is 7.18. The van der Waals surface area contributed by atoms with Crippen LogP contribution >= 0.6 is 11.3 Å². The van der Waals surface area contributed by atoms with Crippen molar-refractivity contribution < 1.29 is 9.72 Å². The number of nitrogens with one attached hydrogen (secondary N) is 1. The summed E-state index contributed by atoms with van der Waals surface area (Å²) in [5, 5.41) is 15.9. The van der Waals surface area contributed by atoms with Crippen LogP contribution in [0.25, 0.3) is 0 Å². The highest BCUT2D eigenvalue weighted by Crippen LogP contribution is 2.22. The van der Waals surface area contributed by atoms with E-state index in [1.807, 2.05) is 36.5 Å². The van der Waals surface area contributed by atoms with Crippen molar-refractivity contribution in [2.45, 2.75) is 12.5 Å². The Bertz CT molecular complexity index is 671. The Morgan fingerprint density at radius 2 is 2.04 bits per heavy atom. The zero-order valence-corrected chi connectivity index (χ0v) is 13.9. The summed E-state index contributed by atoms with van der Waals surface area (Å²) in [4.78, 5) is 25.9. The van der Waals surface area contributed by atoms with E-state index in [9.17, 15) is 14.9 Å². The van der Waals surface area contributed by atoms with Crippen LogP contribution in [-0.4, -0.2) is 36.4 Å². The first-order chi connectivity index (χ1) is 11.0. The predicted molar refractivity (Wildman–Crippen MR) is 90.6 cm³/mol. The lowest BCUT2D eigenvalue weighted by atomic mass is 10.1. The number of likely N-dealkylation sites (N-methyl/N-ethyl adjacent to an activating group) is 1. The summed E-state index contributed by atoms with van der Waals surface area (Å²) in [5.41, 5.74) is 0.401. The average molecular weight is 333 g/mol. The van der Waals surface area contributed by atoms with Crippen molar-refractivity contribution in [1.29, 1.82) is 0 Å². The van der Waals surface area contributed by atoms with Gasteiger partial charge < -0.3 is 10.2 Å². The second-order valence-corrected chi connectivity index (χ2v) is 6.34. The molecule has 6 nitrogen and oxygen atoms in total. The van der Waals surface area contributed by atoms with Crippen LogP contribution in [0.5, 0.6) is 0 Å². The highest BCUT2D eigenvalue weighted by Gasteiger charge is 2.18. The quantitative estimate of drug-likeness (QED) is 0.624. The number of hydrogen-bond donors (Lipinski definition) is 1. The second kappa shape index (κ2) is 7.85. The number of para-hydroxylation sites is 1. The Balaban J connectivity index is 1.99. The molecule has 0 bridgehead atoms. The van der Waals surface area contributed by atoms with Crippen LogP contribution in [-0.2, 0) is 11.2 Å². The third-order valence-electron chi connectivity index (χ3n) is 3.53. The smallest absolute Gasteiger partial charge is 0.273 e. The lowest BCUT2D eigenvalue weighted by Gasteiger charge is -2.23. The maximum Gasteiger partial charge on any atom is 0.273 e. The van der Waals surface area contributed by atoms with Gasteiger partial charge in [-0.05, 0) is 25.5 Å². The standard InChI is InChI=1S/C16H19N3O3S/c1-18(2)14(15-8-5-9-23-15)11-17-16(20)10-12-6-3-4-7-13(12)19(21)22/h3-9,14H,10-11H2,1-2H3,(H,17,20). The van der Waals surface area contributed by atoms with Crippen molar-refractivity contribution in [3.05, 3.63) is 62.3 Å². The Kier molecular flexibility index (Phi) is 5.84. The van der Waals surface area contributed by atoms with Gasteiger partial charge in [0.1, 0.15) is 0 Å². The van der Waals surface area contributed by atoms with Crippen LogP contribution in [0.3, 0.4) is 0 Å². The normalized spacial score (nSPS) is 12.1. The first-order valence-corrected chi connectivity index (χ1v) is 8.06. The molecule has 2 rings (SSSR count). The molecule has 0 radical (unpaired) electrons. The van der Waals surface area contributed by atoms with E-state index in [0.717, 1.165) is 0 Å². The number of rotatable bonds is 7. The Morgan fingerprint density at radius 3 is 2.65 bits per heavy atom. The van der Waals surface area contributed by atoms with Crippen LogP contribution in [0.15, 0.2) is 41.8 Å². The summed E-state index contributed by atoms with van der Waals surface area (Å²) < 4.78 is 0. The fourth-order valence-electron chi connectivity index (χ4n) is 2.30. The largest absolute Gasteiger partial charge is 0.354 e. The molecule has 1 N–H and O–H groups in total. The molecule has 1 heterocycles. The zero-order chi connectivity index (χ0) is 16.8. The van der Waals surface area contributed by atoms with Crippen molar-refractivity contribution in [3.8, 4) is 0 Å². The first kappa shape index (κ1) is 17.1. The van der Waals surface area contributed by atoms with Gasteiger partial charge in [0, 0.05) is 23.1 Å². The molecular weight excluding hydrogens is 314 g/mol. The number of nitro benzene ring substituents is 1. The summed E-state index contributed by atoms with van der Waals surface area (Å²) in [6, 6.07) is 10.4. The lowest BCUT2D eigenvalue weighted by Crippen LogP contribution is -2.35. The van der Waals surface area contributed by atoms with Gasteiger partial charge in [0.05, 0.1) is 17.4 Å². The van der Waals surface area contributed by atoms with Crippen LogP contribution in [0, 0.1) is 10.1 Å². The van der Waals surface area contributed by atoms with E-state index in [0.29, 0.717) is 12.1 Å². The van der Waals surface area contributed by atoms with Crippen molar-refractivity contribution >= 4 is 22.9 Å². The number of thiophene rings is 1. The Hall–Kier alpha value is -2.25. The summed E-state index contributed by atoms with van der Waals surface area (Å²) >= 11 is 1.64. The molecule has 7 heteroatoms. The number of carbonyl (C=O) groups excluding carboxylic acids is 1. The number of hydrogen-bond acceptors (Lipinski definition) is 5. The van der Waals surface area contributed by atoms with E-state index in [-0.39, 0.29) is 24.1 Å². The van der Waals surface area contributed by atoms with Gasteiger partial charge in [0.15, 0.2) is 0 Å². The number of nitro groups is 1. The van der Waals surface area contributed by atoms with E-state index in [1.54, 1.807) is 29.5 Å². The molecule has 0 spiro atoms. The molecule has 1 amide bonds. The summed E-state index contributed by atoms with van der Waals surface area (Å²) in [7, 11) is 3.91. The molecule has 23 heavy (non-hydrogen) atoms.